The van der Waals surface area contributed by atoms with Gasteiger partial charge in [-0.05, 0) is 32.0 Å². The van der Waals surface area contributed by atoms with E-state index in [-0.39, 0.29) is 5.38 Å². The molecule has 0 amide bonds. The zero-order valence-electron chi connectivity index (χ0n) is 9.86. The third kappa shape index (κ3) is 3.02. The van der Waals surface area contributed by atoms with Gasteiger partial charge >= 0.3 is 0 Å². The zero-order valence-corrected chi connectivity index (χ0v) is 10.6. The molecule has 1 atom stereocenters. The van der Waals surface area contributed by atoms with Crippen LogP contribution in [0.4, 0.5) is 0 Å². The van der Waals surface area contributed by atoms with Crippen molar-refractivity contribution in [3.05, 3.63) is 24.2 Å². The van der Waals surface area contributed by atoms with Crippen LogP contribution in [0.15, 0.2) is 22.8 Å². The van der Waals surface area contributed by atoms with E-state index < -0.39 is 0 Å². The maximum atomic E-state index is 6.33. The molecular formula is C13H20ClNO. The lowest BCUT2D eigenvalue weighted by Gasteiger charge is -2.32. The number of furan rings is 1. The summed E-state index contributed by atoms with van der Waals surface area (Å²) >= 11 is 6.33. The van der Waals surface area contributed by atoms with Gasteiger partial charge in [-0.1, -0.05) is 19.3 Å². The summed E-state index contributed by atoms with van der Waals surface area (Å²) in [4.78, 5) is 2.39. The van der Waals surface area contributed by atoms with Crippen LogP contribution >= 0.6 is 11.6 Å². The normalized spacial score (nSPS) is 20.2. The van der Waals surface area contributed by atoms with Gasteiger partial charge in [-0.25, -0.2) is 0 Å². The fourth-order valence-corrected chi connectivity index (χ4v) is 2.83. The average Bonchev–Trinajstić information content (AvgIpc) is 2.83. The number of halogens is 1. The molecule has 1 aromatic heterocycles. The van der Waals surface area contributed by atoms with Crippen molar-refractivity contribution in [1.82, 2.24) is 4.90 Å². The first-order valence-corrected chi connectivity index (χ1v) is 6.58. The van der Waals surface area contributed by atoms with Crippen molar-refractivity contribution >= 4 is 11.6 Å². The Bertz CT molecular complexity index is 293. The fraction of sp³-hybridized carbons (Fsp3) is 0.692. The number of likely N-dealkylation sites (N-methyl/N-ethyl adjacent to an activating group) is 1. The van der Waals surface area contributed by atoms with Crippen LogP contribution in [0.25, 0.3) is 0 Å². The second kappa shape index (κ2) is 5.74. The summed E-state index contributed by atoms with van der Waals surface area (Å²) in [7, 11) is 2.17. The number of hydrogen-bond acceptors (Lipinski definition) is 2. The summed E-state index contributed by atoms with van der Waals surface area (Å²) in [5.74, 6) is 0.879. The molecule has 2 rings (SSSR count). The molecule has 0 N–H and O–H groups in total. The molecule has 1 fully saturated rings. The van der Waals surface area contributed by atoms with Crippen LogP contribution in [0.2, 0.25) is 0 Å². The lowest BCUT2D eigenvalue weighted by molar-refractivity contribution is 0.188. The Morgan fingerprint density at radius 2 is 2.19 bits per heavy atom. The lowest BCUT2D eigenvalue weighted by Crippen LogP contribution is -2.35. The van der Waals surface area contributed by atoms with Gasteiger partial charge in [0.25, 0.3) is 0 Å². The predicted molar refractivity (Wildman–Crippen MR) is 66.8 cm³/mol. The molecule has 0 spiro atoms. The van der Waals surface area contributed by atoms with Gasteiger partial charge in [-0.15, -0.1) is 11.6 Å². The topological polar surface area (TPSA) is 16.4 Å². The van der Waals surface area contributed by atoms with E-state index in [2.05, 4.69) is 11.9 Å². The molecule has 1 aliphatic carbocycles. The van der Waals surface area contributed by atoms with E-state index in [4.69, 9.17) is 16.0 Å². The van der Waals surface area contributed by atoms with Crippen molar-refractivity contribution in [3.63, 3.8) is 0 Å². The van der Waals surface area contributed by atoms with Crippen LogP contribution in [-0.4, -0.2) is 24.5 Å². The van der Waals surface area contributed by atoms with Crippen molar-refractivity contribution in [2.24, 2.45) is 0 Å². The molecule has 0 aliphatic heterocycles. The summed E-state index contributed by atoms with van der Waals surface area (Å²) in [6.45, 7) is 0.875. The molecule has 90 valence electrons. The molecular weight excluding hydrogens is 222 g/mol. The van der Waals surface area contributed by atoms with E-state index in [0.717, 1.165) is 12.3 Å². The van der Waals surface area contributed by atoms with Crippen LogP contribution in [-0.2, 0) is 0 Å². The molecule has 1 unspecified atom stereocenters. The van der Waals surface area contributed by atoms with Crippen LogP contribution in [0.1, 0.15) is 43.2 Å². The molecule has 0 saturated heterocycles. The van der Waals surface area contributed by atoms with Gasteiger partial charge < -0.3 is 9.32 Å². The third-order valence-corrected chi connectivity index (χ3v) is 3.85. The van der Waals surface area contributed by atoms with Gasteiger partial charge in [0.15, 0.2) is 0 Å². The Kier molecular flexibility index (Phi) is 4.30. The maximum Gasteiger partial charge on any atom is 0.122 e. The number of alkyl halides is 1. The summed E-state index contributed by atoms with van der Waals surface area (Å²) < 4.78 is 5.32. The molecule has 1 aromatic rings. The molecule has 0 bridgehead atoms. The molecule has 16 heavy (non-hydrogen) atoms. The number of nitrogens with zero attached hydrogens (tertiary/aromatic N) is 1. The second-order valence-corrected chi connectivity index (χ2v) is 5.24. The molecule has 1 heterocycles. The summed E-state index contributed by atoms with van der Waals surface area (Å²) in [5.41, 5.74) is 0. The largest absolute Gasteiger partial charge is 0.468 e. The Labute approximate surface area is 103 Å². The van der Waals surface area contributed by atoms with Crippen molar-refractivity contribution in [3.8, 4) is 0 Å². The second-order valence-electron chi connectivity index (χ2n) is 4.71. The molecule has 0 radical (unpaired) electrons. The van der Waals surface area contributed by atoms with Crippen molar-refractivity contribution in [1.29, 1.82) is 0 Å². The van der Waals surface area contributed by atoms with E-state index in [0.29, 0.717) is 6.04 Å². The predicted octanol–water partition coefficient (Wildman–Crippen LogP) is 3.82. The van der Waals surface area contributed by atoms with Gasteiger partial charge in [-0.2, -0.15) is 0 Å². The first kappa shape index (κ1) is 12.0. The minimum absolute atomic E-state index is 0.0260. The quantitative estimate of drug-likeness (QED) is 0.745. The fourth-order valence-electron chi connectivity index (χ4n) is 2.48. The van der Waals surface area contributed by atoms with E-state index in [1.165, 1.54) is 32.1 Å². The van der Waals surface area contributed by atoms with Crippen molar-refractivity contribution in [2.45, 2.75) is 43.5 Å². The van der Waals surface area contributed by atoms with Gasteiger partial charge in [-0.3, -0.25) is 0 Å². The first-order chi connectivity index (χ1) is 7.77. The van der Waals surface area contributed by atoms with Gasteiger partial charge in [0, 0.05) is 12.6 Å². The van der Waals surface area contributed by atoms with E-state index in [1.54, 1.807) is 6.26 Å². The Morgan fingerprint density at radius 1 is 1.44 bits per heavy atom. The van der Waals surface area contributed by atoms with Crippen LogP contribution in [0.5, 0.6) is 0 Å². The highest BCUT2D eigenvalue weighted by molar-refractivity contribution is 6.20. The maximum absolute atomic E-state index is 6.33. The molecule has 1 aliphatic rings. The SMILES string of the molecule is CN(CC(Cl)c1ccco1)C1CCCCC1. The van der Waals surface area contributed by atoms with Crippen LogP contribution in [0, 0.1) is 0 Å². The molecule has 3 heteroatoms. The Balaban J connectivity index is 1.84. The zero-order chi connectivity index (χ0) is 11.4. The van der Waals surface area contributed by atoms with E-state index >= 15 is 0 Å². The molecule has 1 saturated carbocycles. The van der Waals surface area contributed by atoms with Crippen LogP contribution < -0.4 is 0 Å². The summed E-state index contributed by atoms with van der Waals surface area (Å²) in [6, 6.07) is 4.56. The van der Waals surface area contributed by atoms with Crippen LogP contribution in [0.3, 0.4) is 0 Å². The number of rotatable bonds is 4. The van der Waals surface area contributed by atoms with Gasteiger partial charge in [0.1, 0.15) is 11.1 Å². The minimum Gasteiger partial charge on any atom is -0.468 e. The minimum atomic E-state index is -0.0260. The molecule has 0 aromatic carbocycles. The Morgan fingerprint density at radius 3 is 2.81 bits per heavy atom. The lowest BCUT2D eigenvalue weighted by atomic mass is 9.94. The highest BCUT2D eigenvalue weighted by Crippen LogP contribution is 2.26. The highest BCUT2D eigenvalue weighted by atomic mass is 35.5. The smallest absolute Gasteiger partial charge is 0.122 e. The van der Waals surface area contributed by atoms with Gasteiger partial charge in [0.05, 0.1) is 6.26 Å². The van der Waals surface area contributed by atoms with Gasteiger partial charge in [0.2, 0.25) is 0 Å². The van der Waals surface area contributed by atoms with E-state index in [9.17, 15) is 0 Å². The number of hydrogen-bond donors (Lipinski definition) is 0. The van der Waals surface area contributed by atoms with E-state index in [1.807, 2.05) is 12.1 Å². The first-order valence-electron chi connectivity index (χ1n) is 6.15. The average molecular weight is 242 g/mol. The summed E-state index contributed by atoms with van der Waals surface area (Å²) in [5, 5.41) is -0.0260. The Hall–Kier alpha value is -0.470. The highest BCUT2D eigenvalue weighted by Gasteiger charge is 2.21. The van der Waals surface area contributed by atoms with Crippen molar-refractivity contribution in [2.75, 3.05) is 13.6 Å². The molecule has 2 nitrogen and oxygen atoms in total. The van der Waals surface area contributed by atoms with Crippen molar-refractivity contribution < 1.29 is 4.42 Å². The third-order valence-electron chi connectivity index (χ3n) is 3.50. The standard InChI is InChI=1S/C13H20ClNO/c1-15(11-6-3-2-4-7-11)10-12(14)13-8-5-9-16-13/h5,8-9,11-12H,2-4,6-7,10H2,1H3. The summed E-state index contributed by atoms with van der Waals surface area (Å²) in [6.07, 6.45) is 8.44. The monoisotopic (exact) mass is 241 g/mol.